The number of carbonyl (C=O) groups excluding carboxylic acids is 1. The fourth-order valence-electron chi connectivity index (χ4n) is 0.795. The summed E-state index contributed by atoms with van der Waals surface area (Å²) in [5.74, 6) is -0.0635. The van der Waals surface area contributed by atoms with Crippen LogP contribution in [0.1, 0.15) is 32.6 Å². The lowest BCUT2D eigenvalue weighted by Gasteiger charge is -1.97. The van der Waals surface area contributed by atoms with Crippen molar-refractivity contribution in [3.8, 4) is 6.07 Å². The van der Waals surface area contributed by atoms with Gasteiger partial charge in [-0.3, -0.25) is 4.79 Å². The highest BCUT2D eigenvalue weighted by molar-refractivity contribution is 5.87. The summed E-state index contributed by atoms with van der Waals surface area (Å²) in [5.41, 5.74) is 0. The van der Waals surface area contributed by atoms with Crippen molar-refractivity contribution in [3.05, 3.63) is 12.2 Å². The number of amides is 1. The highest BCUT2D eigenvalue weighted by Crippen LogP contribution is 1.88. The number of hydrogen-bond acceptors (Lipinski definition) is 2. The SMILES string of the molecule is CCCC=CC(=O)NCCCC#N. The first-order valence-corrected chi connectivity index (χ1v) is 4.62. The number of allylic oxidation sites excluding steroid dienone is 1. The van der Waals surface area contributed by atoms with Crippen molar-refractivity contribution in [2.45, 2.75) is 32.6 Å². The van der Waals surface area contributed by atoms with E-state index in [1.165, 1.54) is 0 Å². The molecule has 1 amide bonds. The summed E-state index contributed by atoms with van der Waals surface area (Å²) in [5, 5.41) is 10.9. The van der Waals surface area contributed by atoms with E-state index in [2.05, 4.69) is 12.2 Å². The van der Waals surface area contributed by atoms with Crippen LogP contribution in [0.15, 0.2) is 12.2 Å². The average Bonchev–Trinajstić information content (AvgIpc) is 2.13. The molecule has 0 aliphatic carbocycles. The summed E-state index contributed by atoms with van der Waals surface area (Å²) >= 11 is 0. The van der Waals surface area contributed by atoms with Crippen LogP contribution in [0.3, 0.4) is 0 Å². The molecular weight excluding hydrogens is 164 g/mol. The first-order chi connectivity index (χ1) is 6.31. The molecule has 0 aromatic heterocycles. The van der Waals surface area contributed by atoms with E-state index in [1.54, 1.807) is 6.08 Å². The Morgan fingerprint density at radius 1 is 1.62 bits per heavy atom. The first kappa shape index (κ1) is 11.7. The van der Waals surface area contributed by atoms with E-state index in [9.17, 15) is 4.79 Å². The van der Waals surface area contributed by atoms with Gasteiger partial charge in [-0.1, -0.05) is 19.4 Å². The zero-order valence-electron chi connectivity index (χ0n) is 8.05. The van der Waals surface area contributed by atoms with Crippen molar-refractivity contribution < 1.29 is 4.79 Å². The van der Waals surface area contributed by atoms with Gasteiger partial charge >= 0.3 is 0 Å². The summed E-state index contributed by atoms with van der Waals surface area (Å²) < 4.78 is 0. The Bertz CT molecular complexity index is 203. The van der Waals surface area contributed by atoms with Gasteiger partial charge in [0.2, 0.25) is 5.91 Å². The Labute approximate surface area is 79.4 Å². The van der Waals surface area contributed by atoms with E-state index in [1.807, 2.05) is 12.1 Å². The number of unbranched alkanes of at least 4 members (excludes halogenated alkanes) is 2. The lowest BCUT2D eigenvalue weighted by Crippen LogP contribution is -2.21. The van der Waals surface area contributed by atoms with Gasteiger partial charge in [0.1, 0.15) is 0 Å². The van der Waals surface area contributed by atoms with E-state index >= 15 is 0 Å². The molecule has 72 valence electrons. The molecule has 3 nitrogen and oxygen atoms in total. The van der Waals surface area contributed by atoms with Crippen LogP contribution < -0.4 is 5.32 Å². The molecule has 0 atom stereocenters. The number of nitriles is 1. The molecule has 3 heteroatoms. The smallest absolute Gasteiger partial charge is 0.243 e. The van der Waals surface area contributed by atoms with Crippen LogP contribution in [0.5, 0.6) is 0 Å². The molecule has 0 spiro atoms. The Kier molecular flexibility index (Phi) is 7.91. The van der Waals surface area contributed by atoms with E-state index in [0.29, 0.717) is 13.0 Å². The van der Waals surface area contributed by atoms with Crippen LogP contribution in [-0.2, 0) is 4.79 Å². The van der Waals surface area contributed by atoms with E-state index < -0.39 is 0 Å². The van der Waals surface area contributed by atoms with Gasteiger partial charge in [0.15, 0.2) is 0 Å². The molecule has 13 heavy (non-hydrogen) atoms. The number of hydrogen-bond donors (Lipinski definition) is 1. The van der Waals surface area contributed by atoms with Crippen LogP contribution >= 0.6 is 0 Å². The topological polar surface area (TPSA) is 52.9 Å². The third-order valence-electron chi connectivity index (χ3n) is 1.49. The molecular formula is C10H16N2O. The third-order valence-corrected chi connectivity index (χ3v) is 1.49. The summed E-state index contributed by atoms with van der Waals surface area (Å²) in [7, 11) is 0. The molecule has 0 fully saturated rings. The van der Waals surface area contributed by atoms with Crippen molar-refractivity contribution in [2.75, 3.05) is 6.54 Å². The van der Waals surface area contributed by atoms with Gasteiger partial charge in [-0.05, 0) is 18.9 Å². The molecule has 0 heterocycles. The van der Waals surface area contributed by atoms with Gasteiger partial charge in [-0.25, -0.2) is 0 Å². The van der Waals surface area contributed by atoms with Crippen molar-refractivity contribution in [1.29, 1.82) is 5.26 Å². The molecule has 0 aromatic rings. The normalized spacial score (nSPS) is 9.85. The summed E-state index contributed by atoms with van der Waals surface area (Å²) in [6, 6.07) is 2.02. The second-order valence-electron chi connectivity index (χ2n) is 2.74. The van der Waals surface area contributed by atoms with E-state index in [-0.39, 0.29) is 5.91 Å². The standard InChI is InChI=1S/C10H16N2O/c1-2-3-4-7-10(13)12-9-6-5-8-11/h4,7H,2-3,5-6,9H2,1H3,(H,12,13). The zero-order valence-corrected chi connectivity index (χ0v) is 8.05. The average molecular weight is 180 g/mol. The second-order valence-corrected chi connectivity index (χ2v) is 2.74. The molecule has 0 aromatic carbocycles. The quantitative estimate of drug-likeness (QED) is 0.500. The second kappa shape index (κ2) is 8.79. The highest BCUT2D eigenvalue weighted by Gasteiger charge is 1.92. The van der Waals surface area contributed by atoms with Crippen molar-refractivity contribution in [1.82, 2.24) is 5.32 Å². The molecule has 0 aliphatic rings. The molecule has 0 saturated carbocycles. The maximum absolute atomic E-state index is 11.0. The Hall–Kier alpha value is -1.30. The third kappa shape index (κ3) is 8.61. The predicted molar refractivity (Wildman–Crippen MR) is 51.9 cm³/mol. The molecule has 0 unspecified atom stereocenters. The minimum Gasteiger partial charge on any atom is -0.353 e. The minimum absolute atomic E-state index is 0.0635. The largest absolute Gasteiger partial charge is 0.353 e. The van der Waals surface area contributed by atoms with Gasteiger partial charge in [0.25, 0.3) is 0 Å². The lowest BCUT2D eigenvalue weighted by atomic mass is 10.3. The van der Waals surface area contributed by atoms with Crippen molar-refractivity contribution in [3.63, 3.8) is 0 Å². The van der Waals surface area contributed by atoms with E-state index in [0.717, 1.165) is 19.3 Å². The Balaban J connectivity index is 3.36. The Morgan fingerprint density at radius 2 is 2.38 bits per heavy atom. The van der Waals surface area contributed by atoms with Gasteiger partial charge < -0.3 is 5.32 Å². The molecule has 1 N–H and O–H groups in total. The van der Waals surface area contributed by atoms with Crippen LogP contribution in [0.2, 0.25) is 0 Å². The summed E-state index contributed by atoms with van der Waals surface area (Å²) in [6.45, 7) is 2.65. The van der Waals surface area contributed by atoms with Crippen LogP contribution in [-0.4, -0.2) is 12.5 Å². The molecule has 0 radical (unpaired) electrons. The fourth-order valence-corrected chi connectivity index (χ4v) is 0.795. The molecule has 0 bridgehead atoms. The van der Waals surface area contributed by atoms with Gasteiger partial charge in [-0.2, -0.15) is 5.26 Å². The van der Waals surface area contributed by atoms with Gasteiger partial charge in [0.05, 0.1) is 6.07 Å². The number of nitrogens with zero attached hydrogens (tertiary/aromatic N) is 1. The van der Waals surface area contributed by atoms with Gasteiger partial charge in [-0.15, -0.1) is 0 Å². The zero-order chi connectivity index (χ0) is 9.94. The lowest BCUT2D eigenvalue weighted by molar-refractivity contribution is -0.116. The van der Waals surface area contributed by atoms with E-state index in [4.69, 9.17) is 5.26 Å². The predicted octanol–water partition coefficient (Wildman–Crippen LogP) is 1.76. The maximum Gasteiger partial charge on any atom is 0.243 e. The summed E-state index contributed by atoms with van der Waals surface area (Å²) in [6.07, 6.45) is 6.63. The van der Waals surface area contributed by atoms with Crippen LogP contribution in [0.4, 0.5) is 0 Å². The number of nitrogens with one attached hydrogen (secondary N) is 1. The number of carbonyl (C=O) groups is 1. The van der Waals surface area contributed by atoms with Crippen LogP contribution in [0.25, 0.3) is 0 Å². The minimum atomic E-state index is -0.0635. The van der Waals surface area contributed by atoms with Gasteiger partial charge in [0, 0.05) is 13.0 Å². The summed E-state index contributed by atoms with van der Waals surface area (Å²) in [4.78, 5) is 11.0. The van der Waals surface area contributed by atoms with Crippen molar-refractivity contribution in [2.24, 2.45) is 0 Å². The van der Waals surface area contributed by atoms with Crippen LogP contribution in [0, 0.1) is 11.3 Å². The fraction of sp³-hybridized carbons (Fsp3) is 0.600. The van der Waals surface area contributed by atoms with Crippen molar-refractivity contribution >= 4 is 5.91 Å². The molecule has 0 saturated heterocycles. The molecule has 0 rings (SSSR count). The first-order valence-electron chi connectivity index (χ1n) is 4.62. The highest BCUT2D eigenvalue weighted by atomic mass is 16.1. The maximum atomic E-state index is 11.0. The Morgan fingerprint density at radius 3 is 3.00 bits per heavy atom. The molecule has 0 aliphatic heterocycles. The number of rotatable bonds is 6. The monoisotopic (exact) mass is 180 g/mol.